The standard InChI is InChI=1S/C62H50N4O/c1-61(2,3)41-30-28-40(29-31-41)46-23-14-24-53-49-20-9-7-18-47(49)48-19-8-10-21-50(48)54-25-15-27-56-60(54)65(59(46)53)39-64(56)43-16-13-17-44(37-43)67-45-32-33-52-51-22-11-12-26-55(51)66(57(52)38-45)58-36-42(34-35-63-58)62(4,5)6/h7-38H,1-6H3/i7D,8D,9D,10D,18D,19D,20D,21D. The van der Waals surface area contributed by atoms with E-state index in [4.69, 9.17) is 15.2 Å². The number of ether oxygens (including phenoxy) is 1. The topological polar surface area (TPSA) is 35.9 Å². The van der Waals surface area contributed by atoms with Crippen LogP contribution in [0.2, 0.25) is 0 Å². The van der Waals surface area contributed by atoms with Crippen LogP contribution in [0.5, 0.6) is 11.5 Å². The molecule has 0 amide bonds. The predicted molar refractivity (Wildman–Crippen MR) is 275 cm³/mol. The Morgan fingerprint density at radius 1 is 0.522 bits per heavy atom. The highest BCUT2D eigenvalue weighted by Gasteiger charge is 2.27. The minimum absolute atomic E-state index is 0.0155. The van der Waals surface area contributed by atoms with Crippen LogP contribution in [0.3, 0.4) is 0 Å². The van der Waals surface area contributed by atoms with Gasteiger partial charge in [0.05, 0.1) is 44.4 Å². The zero-order valence-electron chi connectivity index (χ0n) is 46.1. The third kappa shape index (κ3) is 6.76. The van der Waals surface area contributed by atoms with Gasteiger partial charge in [-0.05, 0) is 115 Å². The second kappa shape index (κ2) is 15.3. The van der Waals surface area contributed by atoms with E-state index >= 15 is 0 Å². The molecule has 8 aromatic carbocycles. The average molecular weight is 875 g/mol. The number of para-hydroxylation sites is 3. The van der Waals surface area contributed by atoms with Crippen LogP contribution in [0, 0.1) is 6.33 Å². The van der Waals surface area contributed by atoms with Gasteiger partial charge < -0.3 is 4.74 Å². The molecule has 5 nitrogen and oxygen atoms in total. The zero-order chi connectivity index (χ0) is 52.6. The van der Waals surface area contributed by atoms with Crippen molar-refractivity contribution in [2.75, 3.05) is 0 Å². The summed E-state index contributed by atoms with van der Waals surface area (Å²) in [4.78, 5) is 4.86. The van der Waals surface area contributed by atoms with Crippen LogP contribution in [-0.2, 0) is 10.8 Å². The molecule has 11 aromatic rings. The van der Waals surface area contributed by atoms with E-state index < -0.39 is 36.3 Å². The minimum Gasteiger partial charge on any atom is -0.458 e. The van der Waals surface area contributed by atoms with Gasteiger partial charge in [0.15, 0.2) is 0 Å². The summed E-state index contributed by atoms with van der Waals surface area (Å²) >= 11 is 0. The molecule has 67 heavy (non-hydrogen) atoms. The summed E-state index contributed by atoms with van der Waals surface area (Å²) in [6.45, 7) is 13.0. The van der Waals surface area contributed by atoms with Gasteiger partial charge in [0.25, 0.3) is 6.33 Å². The summed E-state index contributed by atoms with van der Waals surface area (Å²) in [6.07, 6.45) is 5.55. The van der Waals surface area contributed by atoms with E-state index in [0.29, 0.717) is 45.0 Å². The molecule has 0 fully saturated rings. The van der Waals surface area contributed by atoms with Crippen molar-refractivity contribution in [3.8, 4) is 73.2 Å². The molecule has 0 saturated carbocycles. The van der Waals surface area contributed by atoms with E-state index in [2.05, 4.69) is 107 Å². The molecule has 5 heteroatoms. The summed E-state index contributed by atoms with van der Waals surface area (Å²) < 4.78 is 86.9. The minimum atomic E-state index is -0.516. The van der Waals surface area contributed by atoms with Gasteiger partial charge in [0, 0.05) is 23.0 Å². The van der Waals surface area contributed by atoms with Crippen LogP contribution in [0.15, 0.2) is 194 Å². The molecule has 12 rings (SSSR count). The maximum Gasteiger partial charge on any atom is 0.269 e. The third-order valence-electron chi connectivity index (χ3n) is 13.0. The summed E-state index contributed by atoms with van der Waals surface area (Å²) in [7, 11) is 0. The molecule has 0 unspecified atom stereocenters. The van der Waals surface area contributed by atoms with Crippen LogP contribution < -0.4 is 9.30 Å². The zero-order valence-corrected chi connectivity index (χ0v) is 38.1. The van der Waals surface area contributed by atoms with Gasteiger partial charge in [-0.25, -0.2) is 4.98 Å². The lowest BCUT2D eigenvalue weighted by atomic mass is 9.85. The Balaban J connectivity index is 1.10. The van der Waals surface area contributed by atoms with Crippen molar-refractivity contribution in [1.82, 2.24) is 14.1 Å². The maximum absolute atomic E-state index is 9.61. The number of imidazole rings is 1. The van der Waals surface area contributed by atoms with Crippen molar-refractivity contribution >= 4 is 32.8 Å². The number of nitrogens with zero attached hydrogens (tertiary/aromatic N) is 4. The van der Waals surface area contributed by atoms with E-state index in [1.165, 1.54) is 5.56 Å². The Labute approximate surface area is 403 Å². The fraction of sp³-hybridized carbons (Fsp3) is 0.129. The molecule has 324 valence electrons. The van der Waals surface area contributed by atoms with Crippen LogP contribution in [0.4, 0.5) is 0 Å². The fourth-order valence-corrected chi connectivity index (χ4v) is 9.57. The number of pyridine rings is 1. The predicted octanol–water partition coefficient (Wildman–Crippen LogP) is 15.6. The van der Waals surface area contributed by atoms with Gasteiger partial charge >= 0.3 is 0 Å². The highest BCUT2D eigenvalue weighted by molar-refractivity contribution is 6.09. The lowest BCUT2D eigenvalue weighted by molar-refractivity contribution is -0.570. The summed E-state index contributed by atoms with van der Waals surface area (Å²) in [5.41, 5.74) is 9.05. The summed E-state index contributed by atoms with van der Waals surface area (Å²) in [5, 5.41) is 2.16. The first-order valence-electron chi connectivity index (χ1n) is 26.5. The molecular weight excluding hydrogens is 817 g/mol. The van der Waals surface area contributed by atoms with Crippen molar-refractivity contribution in [2.24, 2.45) is 0 Å². The SMILES string of the molecule is [2H]c1c([2H])c([2H])c2c(c1[2H])-c1cccc(-c3ccc(C(C)(C)C)cc3)c1-[n+]1[c-]n(-c3cccc(Oc4ccc5c6ccccc6n(-c6cc(C(C)(C)C)ccn6)c5c4)c3)c3cccc(c31)-c1c([2H])c([2H])c([2H])c([2H])c1-2. The van der Waals surface area contributed by atoms with E-state index in [-0.39, 0.29) is 45.2 Å². The first kappa shape index (κ1) is 32.6. The first-order valence-corrected chi connectivity index (χ1v) is 22.5. The normalized spacial score (nSPS) is 14.0. The molecule has 0 spiro atoms. The van der Waals surface area contributed by atoms with Gasteiger partial charge in [0.1, 0.15) is 17.3 Å². The lowest BCUT2D eigenvalue weighted by Crippen LogP contribution is -2.32. The Bertz CT molecular complexity index is 4220. The number of hydrogen-bond donors (Lipinski definition) is 0. The molecule has 0 N–H and O–H groups in total. The quantitative estimate of drug-likeness (QED) is 0.128. The second-order valence-electron chi connectivity index (χ2n) is 19.3. The van der Waals surface area contributed by atoms with Crippen molar-refractivity contribution in [1.29, 1.82) is 0 Å². The van der Waals surface area contributed by atoms with Crippen molar-refractivity contribution in [2.45, 2.75) is 52.4 Å². The van der Waals surface area contributed by atoms with Crippen molar-refractivity contribution < 1.29 is 20.3 Å². The fourth-order valence-electron chi connectivity index (χ4n) is 9.57. The smallest absolute Gasteiger partial charge is 0.269 e. The Hall–Kier alpha value is -8.02. The van der Waals surface area contributed by atoms with Gasteiger partial charge in [-0.3, -0.25) is 13.7 Å². The van der Waals surface area contributed by atoms with Gasteiger partial charge in [-0.1, -0.05) is 175 Å². The first-order chi connectivity index (χ1) is 35.8. The monoisotopic (exact) mass is 874 g/mol. The Morgan fingerprint density at radius 2 is 1.13 bits per heavy atom. The van der Waals surface area contributed by atoms with Crippen LogP contribution in [0.1, 0.15) is 63.6 Å². The number of fused-ring (bicyclic) bond motifs is 10. The number of benzene rings is 8. The number of rotatable bonds is 5. The lowest BCUT2D eigenvalue weighted by Gasteiger charge is -2.21. The molecular formula is C62H50N4O. The molecule has 0 radical (unpaired) electrons. The number of aromatic nitrogens is 4. The largest absolute Gasteiger partial charge is 0.458 e. The van der Waals surface area contributed by atoms with E-state index in [1.54, 1.807) is 6.07 Å². The van der Waals surface area contributed by atoms with Crippen LogP contribution in [-0.4, -0.2) is 14.1 Å². The number of hydrogen-bond acceptors (Lipinski definition) is 2. The summed E-state index contributed by atoms with van der Waals surface area (Å²) in [6, 6.07) is 42.3. The summed E-state index contributed by atoms with van der Waals surface area (Å²) in [5.74, 6) is 1.97. The second-order valence-corrected chi connectivity index (χ2v) is 19.3. The van der Waals surface area contributed by atoms with Crippen molar-refractivity contribution in [3.05, 3.63) is 212 Å². The molecule has 1 aliphatic rings. The molecule has 0 atom stereocenters. The van der Waals surface area contributed by atoms with Gasteiger partial charge in [-0.15, -0.1) is 0 Å². The third-order valence-corrected chi connectivity index (χ3v) is 13.0. The molecule has 3 aromatic heterocycles. The van der Waals surface area contributed by atoms with Crippen LogP contribution >= 0.6 is 0 Å². The maximum atomic E-state index is 9.61. The van der Waals surface area contributed by atoms with E-state index in [0.717, 1.165) is 44.3 Å². The molecule has 4 heterocycles. The van der Waals surface area contributed by atoms with Gasteiger partial charge in [0.2, 0.25) is 0 Å². The van der Waals surface area contributed by atoms with E-state index in [9.17, 15) is 5.48 Å². The Kier molecular flexibility index (Phi) is 7.44. The highest BCUT2D eigenvalue weighted by Crippen LogP contribution is 2.45. The average Bonchev–Trinajstić information content (AvgIpc) is 3.96. The molecule has 0 aliphatic carbocycles. The van der Waals surface area contributed by atoms with Crippen LogP contribution in [0.25, 0.3) is 94.5 Å². The van der Waals surface area contributed by atoms with Crippen molar-refractivity contribution in [3.63, 3.8) is 0 Å². The molecule has 0 saturated heterocycles. The Morgan fingerprint density at radius 3 is 1.88 bits per heavy atom. The van der Waals surface area contributed by atoms with Gasteiger partial charge in [-0.2, -0.15) is 0 Å². The molecule has 0 bridgehead atoms. The van der Waals surface area contributed by atoms with E-state index in [1.807, 2.05) is 94.2 Å². The molecule has 1 aliphatic heterocycles. The highest BCUT2D eigenvalue weighted by atomic mass is 16.5.